The largest absolute Gasteiger partial charge is 0.366 e. The van der Waals surface area contributed by atoms with Gasteiger partial charge >= 0.3 is 0 Å². The minimum Gasteiger partial charge on any atom is -0.366 e. The number of nitrogens with one attached hydrogen (secondary N) is 2. The molecule has 2 atom stereocenters. The summed E-state index contributed by atoms with van der Waals surface area (Å²) in [4.78, 5) is 8.63. The highest BCUT2D eigenvalue weighted by Gasteiger charge is 2.13. The number of anilines is 2. The first kappa shape index (κ1) is 14.2. The van der Waals surface area contributed by atoms with Crippen molar-refractivity contribution in [2.75, 3.05) is 17.2 Å². The van der Waals surface area contributed by atoms with Gasteiger partial charge in [0.25, 0.3) is 0 Å². The van der Waals surface area contributed by atoms with E-state index < -0.39 is 0 Å². The summed E-state index contributed by atoms with van der Waals surface area (Å²) < 4.78 is 0.898. The van der Waals surface area contributed by atoms with Crippen molar-refractivity contribution in [3.05, 3.63) is 10.7 Å². The maximum Gasteiger partial charge on any atom is 0.224 e. The van der Waals surface area contributed by atoms with Gasteiger partial charge in [-0.1, -0.05) is 20.3 Å². The fraction of sp³-hybridized carbons (Fsp3) is 0.667. The van der Waals surface area contributed by atoms with Gasteiger partial charge in [-0.05, 0) is 35.7 Å². The molecule has 0 aliphatic heterocycles. The SMILES string of the molecule is CCNc1ncc(Br)c(NC(C)C(C)CC)n1. The Labute approximate surface area is 112 Å². The molecule has 1 aromatic heterocycles. The van der Waals surface area contributed by atoms with Gasteiger partial charge < -0.3 is 10.6 Å². The zero-order chi connectivity index (χ0) is 12.8. The summed E-state index contributed by atoms with van der Waals surface area (Å²) >= 11 is 3.47. The number of halogens is 1. The third-order valence-corrected chi connectivity index (χ3v) is 3.52. The Morgan fingerprint density at radius 1 is 1.35 bits per heavy atom. The van der Waals surface area contributed by atoms with Gasteiger partial charge in [-0.25, -0.2) is 4.98 Å². The van der Waals surface area contributed by atoms with E-state index in [1.165, 1.54) is 0 Å². The molecule has 1 aromatic rings. The van der Waals surface area contributed by atoms with Crippen molar-refractivity contribution in [1.29, 1.82) is 0 Å². The molecule has 1 heterocycles. The van der Waals surface area contributed by atoms with Gasteiger partial charge in [-0.15, -0.1) is 0 Å². The van der Waals surface area contributed by atoms with Gasteiger partial charge in [0.05, 0.1) is 4.47 Å². The molecule has 0 fully saturated rings. The van der Waals surface area contributed by atoms with Gasteiger partial charge in [-0.3, -0.25) is 0 Å². The van der Waals surface area contributed by atoms with E-state index in [-0.39, 0.29) is 0 Å². The molecule has 1 rings (SSSR count). The minimum atomic E-state index is 0.390. The maximum atomic E-state index is 4.44. The van der Waals surface area contributed by atoms with Gasteiger partial charge in [0.2, 0.25) is 5.95 Å². The van der Waals surface area contributed by atoms with Crippen molar-refractivity contribution in [2.24, 2.45) is 5.92 Å². The first-order valence-electron chi connectivity index (χ1n) is 6.11. The summed E-state index contributed by atoms with van der Waals surface area (Å²) in [6.45, 7) is 9.46. The van der Waals surface area contributed by atoms with Crippen LogP contribution in [0.4, 0.5) is 11.8 Å². The molecule has 0 saturated heterocycles. The topological polar surface area (TPSA) is 49.8 Å². The molecule has 0 spiro atoms. The van der Waals surface area contributed by atoms with Crippen LogP contribution in [0.25, 0.3) is 0 Å². The molecule has 5 heteroatoms. The molecule has 0 radical (unpaired) electrons. The van der Waals surface area contributed by atoms with Crippen LogP contribution in [-0.4, -0.2) is 22.6 Å². The fourth-order valence-corrected chi connectivity index (χ4v) is 1.73. The third-order valence-electron chi connectivity index (χ3n) is 2.94. The molecule has 17 heavy (non-hydrogen) atoms. The fourth-order valence-electron chi connectivity index (χ4n) is 1.42. The first-order chi connectivity index (χ1) is 8.08. The summed E-state index contributed by atoms with van der Waals surface area (Å²) in [6, 6.07) is 0.390. The summed E-state index contributed by atoms with van der Waals surface area (Å²) in [7, 11) is 0. The minimum absolute atomic E-state index is 0.390. The maximum absolute atomic E-state index is 4.44. The predicted molar refractivity (Wildman–Crippen MR) is 76.4 cm³/mol. The van der Waals surface area contributed by atoms with Crippen LogP contribution in [0.2, 0.25) is 0 Å². The van der Waals surface area contributed by atoms with Crippen molar-refractivity contribution < 1.29 is 0 Å². The monoisotopic (exact) mass is 300 g/mol. The highest BCUT2D eigenvalue weighted by atomic mass is 79.9. The Balaban J connectivity index is 2.78. The number of nitrogens with zero attached hydrogens (tertiary/aromatic N) is 2. The molecule has 96 valence electrons. The molecule has 0 bridgehead atoms. The summed E-state index contributed by atoms with van der Waals surface area (Å²) in [5.41, 5.74) is 0. The molecule has 0 aliphatic carbocycles. The number of hydrogen-bond acceptors (Lipinski definition) is 4. The zero-order valence-electron chi connectivity index (χ0n) is 10.9. The number of hydrogen-bond donors (Lipinski definition) is 2. The van der Waals surface area contributed by atoms with Crippen molar-refractivity contribution >= 4 is 27.7 Å². The molecular weight excluding hydrogens is 280 g/mol. The van der Waals surface area contributed by atoms with Gasteiger partial charge in [0.15, 0.2) is 0 Å². The van der Waals surface area contributed by atoms with Crippen LogP contribution in [0, 0.1) is 5.92 Å². The third kappa shape index (κ3) is 4.15. The second-order valence-electron chi connectivity index (χ2n) is 4.24. The first-order valence-corrected chi connectivity index (χ1v) is 6.90. The summed E-state index contributed by atoms with van der Waals surface area (Å²) in [5, 5.41) is 6.53. The van der Waals surface area contributed by atoms with Crippen LogP contribution >= 0.6 is 15.9 Å². The highest BCUT2D eigenvalue weighted by Crippen LogP contribution is 2.22. The van der Waals surface area contributed by atoms with Crippen molar-refractivity contribution in [1.82, 2.24) is 9.97 Å². The van der Waals surface area contributed by atoms with Crippen LogP contribution in [0.1, 0.15) is 34.1 Å². The molecule has 0 aromatic carbocycles. The molecular formula is C12H21BrN4. The normalized spacial score (nSPS) is 14.2. The standard InChI is InChI=1S/C12H21BrN4/c1-5-8(3)9(4)16-11-10(13)7-15-12(17-11)14-6-2/h7-9H,5-6H2,1-4H3,(H2,14,15,16,17). The average molecular weight is 301 g/mol. The van der Waals surface area contributed by atoms with Crippen LogP contribution in [0.5, 0.6) is 0 Å². The number of rotatable bonds is 6. The second kappa shape index (κ2) is 6.79. The Morgan fingerprint density at radius 2 is 2.06 bits per heavy atom. The summed E-state index contributed by atoms with van der Waals surface area (Å²) in [6.07, 6.45) is 2.92. The van der Waals surface area contributed by atoms with Crippen molar-refractivity contribution in [3.63, 3.8) is 0 Å². The lowest BCUT2D eigenvalue weighted by Crippen LogP contribution is -2.24. The molecule has 4 nitrogen and oxygen atoms in total. The van der Waals surface area contributed by atoms with Gasteiger partial charge in [-0.2, -0.15) is 4.98 Å². The van der Waals surface area contributed by atoms with E-state index in [1.54, 1.807) is 6.20 Å². The van der Waals surface area contributed by atoms with Crippen molar-refractivity contribution in [3.8, 4) is 0 Å². The highest BCUT2D eigenvalue weighted by molar-refractivity contribution is 9.10. The van der Waals surface area contributed by atoms with Crippen molar-refractivity contribution in [2.45, 2.75) is 40.2 Å². The van der Waals surface area contributed by atoms with Crippen LogP contribution in [-0.2, 0) is 0 Å². The van der Waals surface area contributed by atoms with Crippen LogP contribution < -0.4 is 10.6 Å². The number of aromatic nitrogens is 2. The second-order valence-corrected chi connectivity index (χ2v) is 5.09. The molecule has 2 N–H and O–H groups in total. The summed E-state index contributed by atoms with van der Waals surface area (Å²) in [5.74, 6) is 2.12. The smallest absolute Gasteiger partial charge is 0.224 e. The van der Waals surface area contributed by atoms with E-state index in [1.807, 2.05) is 6.92 Å². The molecule has 0 amide bonds. The lowest BCUT2D eigenvalue weighted by molar-refractivity contribution is 0.493. The Morgan fingerprint density at radius 3 is 2.65 bits per heavy atom. The molecule has 0 aliphatic rings. The average Bonchev–Trinajstić information content (AvgIpc) is 2.32. The van der Waals surface area contributed by atoms with E-state index in [9.17, 15) is 0 Å². The molecule has 0 saturated carbocycles. The van der Waals surface area contributed by atoms with E-state index in [2.05, 4.69) is 57.3 Å². The Bertz CT molecular complexity index is 356. The van der Waals surface area contributed by atoms with E-state index in [0.29, 0.717) is 17.9 Å². The van der Waals surface area contributed by atoms with Gasteiger partial charge in [0, 0.05) is 18.8 Å². The van der Waals surface area contributed by atoms with Crippen LogP contribution in [0.3, 0.4) is 0 Å². The van der Waals surface area contributed by atoms with E-state index in [0.717, 1.165) is 23.3 Å². The predicted octanol–water partition coefficient (Wildman–Crippen LogP) is 3.52. The zero-order valence-corrected chi connectivity index (χ0v) is 12.5. The Kier molecular flexibility index (Phi) is 5.68. The van der Waals surface area contributed by atoms with E-state index in [4.69, 9.17) is 0 Å². The van der Waals surface area contributed by atoms with Gasteiger partial charge in [0.1, 0.15) is 5.82 Å². The van der Waals surface area contributed by atoms with Crippen LogP contribution in [0.15, 0.2) is 10.7 Å². The lowest BCUT2D eigenvalue weighted by atomic mass is 10.0. The quantitative estimate of drug-likeness (QED) is 0.844. The lowest BCUT2D eigenvalue weighted by Gasteiger charge is -2.21. The molecule has 2 unspecified atom stereocenters. The van der Waals surface area contributed by atoms with E-state index >= 15 is 0 Å². The Hall–Kier alpha value is -0.840.